The van der Waals surface area contributed by atoms with E-state index >= 15 is 0 Å². The lowest BCUT2D eigenvalue weighted by Crippen LogP contribution is -2.12. The first-order valence-corrected chi connectivity index (χ1v) is 6.55. The lowest BCUT2D eigenvalue weighted by Gasteiger charge is -2.13. The quantitative estimate of drug-likeness (QED) is 0.902. The molecule has 4 heteroatoms. The van der Waals surface area contributed by atoms with Gasteiger partial charge in [0.05, 0.1) is 10.4 Å². The Bertz CT molecular complexity index is 468. The second kappa shape index (κ2) is 4.69. The largest absolute Gasteiger partial charge is 0.506 e. The molecule has 1 atom stereocenters. The van der Waals surface area contributed by atoms with Crippen molar-refractivity contribution in [2.24, 2.45) is 5.92 Å². The van der Waals surface area contributed by atoms with Crippen molar-refractivity contribution in [2.45, 2.75) is 32.6 Å². The Labute approximate surface area is 109 Å². The highest BCUT2D eigenvalue weighted by molar-refractivity contribution is 9.10. The molecule has 1 aliphatic carbocycles. The third kappa shape index (κ3) is 2.32. The minimum absolute atomic E-state index is 0.207. The van der Waals surface area contributed by atoms with Crippen LogP contribution >= 0.6 is 15.9 Å². The van der Waals surface area contributed by atoms with E-state index in [1.165, 1.54) is 11.1 Å². The molecule has 0 amide bonds. The fraction of sp³-hybridized carbons (Fsp3) is 0.462. The standard InChI is InChI=1S/C13H15BrO3/c1-7(13(16)17)5-9-6-8-3-2-4-10(8)11(14)12(9)15/h6-7,15H,2-5H2,1H3,(H,16,17). The van der Waals surface area contributed by atoms with Crippen LogP contribution in [-0.4, -0.2) is 16.2 Å². The minimum Gasteiger partial charge on any atom is -0.506 e. The second-order valence-corrected chi connectivity index (χ2v) is 5.43. The summed E-state index contributed by atoms with van der Waals surface area (Å²) in [6.45, 7) is 1.66. The normalized spacial score (nSPS) is 15.6. The summed E-state index contributed by atoms with van der Waals surface area (Å²) in [6.07, 6.45) is 3.47. The first-order chi connectivity index (χ1) is 8.00. The number of carboxylic acid groups (broad SMARTS) is 1. The molecule has 0 saturated heterocycles. The molecule has 0 fully saturated rings. The van der Waals surface area contributed by atoms with Gasteiger partial charge in [-0.05, 0) is 58.3 Å². The number of carbonyl (C=O) groups is 1. The fourth-order valence-corrected chi connectivity index (χ4v) is 3.02. The van der Waals surface area contributed by atoms with Crippen molar-refractivity contribution in [1.29, 1.82) is 0 Å². The van der Waals surface area contributed by atoms with E-state index in [1.54, 1.807) is 6.92 Å². The average Bonchev–Trinajstić information content (AvgIpc) is 2.73. The Balaban J connectivity index is 2.36. The number of phenolic OH excluding ortho intramolecular Hbond substituents is 1. The number of fused-ring (bicyclic) bond motifs is 1. The molecule has 17 heavy (non-hydrogen) atoms. The van der Waals surface area contributed by atoms with E-state index in [1.807, 2.05) is 6.07 Å². The molecular weight excluding hydrogens is 284 g/mol. The molecule has 2 rings (SSSR count). The predicted octanol–water partition coefficient (Wildman–Crippen LogP) is 2.91. The molecule has 0 aliphatic heterocycles. The van der Waals surface area contributed by atoms with Gasteiger partial charge in [-0.15, -0.1) is 0 Å². The third-order valence-electron chi connectivity index (χ3n) is 3.33. The molecule has 0 bridgehead atoms. The van der Waals surface area contributed by atoms with Gasteiger partial charge in [-0.2, -0.15) is 0 Å². The van der Waals surface area contributed by atoms with Crippen molar-refractivity contribution in [2.75, 3.05) is 0 Å². The first kappa shape index (κ1) is 12.4. The van der Waals surface area contributed by atoms with Gasteiger partial charge in [-0.3, -0.25) is 4.79 Å². The van der Waals surface area contributed by atoms with Crippen molar-refractivity contribution in [3.05, 3.63) is 27.2 Å². The van der Waals surface area contributed by atoms with Crippen LogP contribution in [0, 0.1) is 5.92 Å². The van der Waals surface area contributed by atoms with Crippen LogP contribution in [0.5, 0.6) is 5.75 Å². The monoisotopic (exact) mass is 298 g/mol. The molecule has 0 aromatic heterocycles. The highest BCUT2D eigenvalue weighted by Gasteiger charge is 2.22. The molecule has 1 aromatic rings. The Morgan fingerprint density at radius 3 is 2.88 bits per heavy atom. The van der Waals surface area contributed by atoms with Gasteiger partial charge in [-0.25, -0.2) is 0 Å². The zero-order valence-electron chi connectivity index (χ0n) is 9.66. The van der Waals surface area contributed by atoms with Crippen LogP contribution < -0.4 is 0 Å². The summed E-state index contributed by atoms with van der Waals surface area (Å²) >= 11 is 3.41. The number of halogens is 1. The maximum atomic E-state index is 10.8. The number of benzene rings is 1. The SMILES string of the molecule is CC(Cc1cc2c(c(Br)c1O)CCC2)C(=O)O. The Morgan fingerprint density at radius 2 is 2.24 bits per heavy atom. The molecular formula is C13H15BrO3. The first-order valence-electron chi connectivity index (χ1n) is 5.75. The maximum absolute atomic E-state index is 10.8. The maximum Gasteiger partial charge on any atom is 0.306 e. The van der Waals surface area contributed by atoms with Gasteiger partial charge in [0.2, 0.25) is 0 Å². The van der Waals surface area contributed by atoms with Crippen molar-refractivity contribution in [1.82, 2.24) is 0 Å². The smallest absolute Gasteiger partial charge is 0.306 e. The third-order valence-corrected chi connectivity index (χ3v) is 4.19. The number of rotatable bonds is 3. The van der Waals surface area contributed by atoms with Crippen LogP contribution in [0.4, 0.5) is 0 Å². The van der Waals surface area contributed by atoms with E-state index in [-0.39, 0.29) is 5.75 Å². The number of hydrogen-bond donors (Lipinski definition) is 2. The average molecular weight is 299 g/mol. The van der Waals surface area contributed by atoms with Crippen LogP contribution in [0.25, 0.3) is 0 Å². The van der Waals surface area contributed by atoms with Gasteiger partial charge in [0.25, 0.3) is 0 Å². The highest BCUT2D eigenvalue weighted by Crippen LogP contribution is 2.39. The van der Waals surface area contributed by atoms with E-state index in [9.17, 15) is 9.90 Å². The summed E-state index contributed by atoms with van der Waals surface area (Å²) in [6, 6.07) is 1.96. The molecule has 0 heterocycles. The van der Waals surface area contributed by atoms with Crippen LogP contribution in [0.2, 0.25) is 0 Å². The molecule has 1 aliphatic rings. The molecule has 92 valence electrons. The highest BCUT2D eigenvalue weighted by atomic mass is 79.9. The van der Waals surface area contributed by atoms with Gasteiger partial charge in [0.1, 0.15) is 5.75 Å². The van der Waals surface area contributed by atoms with E-state index in [0.29, 0.717) is 6.42 Å². The summed E-state index contributed by atoms with van der Waals surface area (Å²) in [4.78, 5) is 10.8. The molecule has 0 radical (unpaired) electrons. The molecule has 1 aromatic carbocycles. The van der Waals surface area contributed by atoms with Crippen LogP contribution in [0.1, 0.15) is 30.0 Å². The zero-order valence-corrected chi connectivity index (χ0v) is 11.2. The summed E-state index contributed by atoms with van der Waals surface area (Å²) in [5.74, 6) is -1.10. The van der Waals surface area contributed by atoms with Crippen molar-refractivity contribution < 1.29 is 15.0 Å². The van der Waals surface area contributed by atoms with Crippen molar-refractivity contribution in [3.63, 3.8) is 0 Å². The summed E-state index contributed by atoms with van der Waals surface area (Å²) in [5, 5.41) is 19.0. The lowest BCUT2D eigenvalue weighted by molar-refractivity contribution is -0.141. The lowest BCUT2D eigenvalue weighted by atomic mass is 9.97. The molecule has 1 unspecified atom stereocenters. The second-order valence-electron chi connectivity index (χ2n) is 4.63. The topological polar surface area (TPSA) is 57.5 Å². The van der Waals surface area contributed by atoms with E-state index in [2.05, 4.69) is 15.9 Å². The zero-order chi connectivity index (χ0) is 12.6. The number of carboxylic acids is 1. The number of aryl methyl sites for hydroxylation is 1. The Morgan fingerprint density at radius 1 is 1.53 bits per heavy atom. The summed E-state index contributed by atoms with van der Waals surface area (Å²) < 4.78 is 0.750. The molecule has 3 nitrogen and oxygen atoms in total. The van der Waals surface area contributed by atoms with Crippen molar-refractivity contribution in [3.8, 4) is 5.75 Å². The Kier molecular flexibility index (Phi) is 3.43. The number of aromatic hydroxyl groups is 1. The van der Waals surface area contributed by atoms with Crippen molar-refractivity contribution >= 4 is 21.9 Å². The minimum atomic E-state index is -0.832. The number of hydrogen-bond acceptors (Lipinski definition) is 2. The molecule has 0 saturated carbocycles. The molecule has 2 N–H and O–H groups in total. The van der Waals surface area contributed by atoms with E-state index in [4.69, 9.17) is 5.11 Å². The summed E-state index contributed by atoms with van der Waals surface area (Å²) in [7, 11) is 0. The van der Waals surface area contributed by atoms with Crippen LogP contribution in [-0.2, 0) is 24.1 Å². The fourth-order valence-electron chi connectivity index (χ4n) is 2.31. The number of aliphatic carboxylic acids is 1. The van der Waals surface area contributed by atoms with E-state index < -0.39 is 11.9 Å². The van der Waals surface area contributed by atoms with Gasteiger partial charge in [-0.1, -0.05) is 13.0 Å². The van der Waals surface area contributed by atoms with E-state index in [0.717, 1.165) is 29.3 Å². The van der Waals surface area contributed by atoms with Gasteiger partial charge in [0, 0.05) is 0 Å². The molecule has 0 spiro atoms. The van der Waals surface area contributed by atoms with Crippen LogP contribution in [0.3, 0.4) is 0 Å². The van der Waals surface area contributed by atoms with Gasteiger partial charge in [0.15, 0.2) is 0 Å². The van der Waals surface area contributed by atoms with Crippen LogP contribution in [0.15, 0.2) is 10.5 Å². The summed E-state index contributed by atoms with van der Waals surface area (Å²) in [5.41, 5.74) is 3.14. The van der Waals surface area contributed by atoms with Gasteiger partial charge < -0.3 is 10.2 Å². The van der Waals surface area contributed by atoms with Gasteiger partial charge >= 0.3 is 5.97 Å². The Hall–Kier alpha value is -1.03. The number of phenols is 1. The predicted molar refractivity (Wildman–Crippen MR) is 68.3 cm³/mol.